The molecule has 1 aromatic heterocycles. The summed E-state index contributed by atoms with van der Waals surface area (Å²) in [6, 6.07) is 0.0163. The zero-order valence-electron chi connectivity index (χ0n) is 9.96. The van der Waals surface area contributed by atoms with E-state index in [4.69, 9.17) is 4.74 Å². The van der Waals surface area contributed by atoms with E-state index in [1.165, 1.54) is 0 Å². The number of hydrogen-bond donors (Lipinski definition) is 0. The Hall–Kier alpha value is -1.36. The molecule has 0 bridgehead atoms. The second-order valence-electron chi connectivity index (χ2n) is 4.43. The molecule has 2 rings (SSSR count). The highest BCUT2D eigenvalue weighted by molar-refractivity contribution is 5.76. The third-order valence-corrected chi connectivity index (χ3v) is 2.68. The highest BCUT2D eigenvalue weighted by Crippen LogP contribution is 2.11. The van der Waals surface area contributed by atoms with Gasteiger partial charge in [-0.1, -0.05) is 0 Å². The summed E-state index contributed by atoms with van der Waals surface area (Å²) in [7, 11) is 1.90. The predicted molar refractivity (Wildman–Crippen MR) is 58.0 cm³/mol. The maximum absolute atomic E-state index is 12.1. The van der Waals surface area contributed by atoms with Crippen LogP contribution in [0.2, 0.25) is 0 Å². The lowest BCUT2D eigenvalue weighted by Gasteiger charge is -2.33. The first-order valence-electron chi connectivity index (χ1n) is 5.54. The van der Waals surface area contributed by atoms with E-state index in [9.17, 15) is 4.79 Å². The van der Waals surface area contributed by atoms with Gasteiger partial charge < -0.3 is 4.74 Å². The standard InChI is InChI=1S/C11H18N3O2/c1-9-6-14(7-10(2)16-9)11(15)13-5-4-12(3)8-13/h4-5,8-10H,6-7H2,1-3H3/q+1/t9-,10-/m0/s1. The molecule has 0 aliphatic carbocycles. The van der Waals surface area contributed by atoms with Crippen molar-refractivity contribution in [3.8, 4) is 0 Å². The third kappa shape index (κ3) is 2.24. The van der Waals surface area contributed by atoms with Gasteiger partial charge >= 0.3 is 6.03 Å². The van der Waals surface area contributed by atoms with Crippen molar-refractivity contribution in [2.24, 2.45) is 7.05 Å². The van der Waals surface area contributed by atoms with Crippen LogP contribution in [0.15, 0.2) is 18.7 Å². The van der Waals surface area contributed by atoms with Crippen LogP contribution in [-0.2, 0) is 11.8 Å². The van der Waals surface area contributed by atoms with E-state index in [1.807, 2.05) is 36.6 Å². The molecule has 0 saturated carbocycles. The number of ether oxygens (including phenoxy) is 1. The van der Waals surface area contributed by atoms with Crippen LogP contribution >= 0.6 is 0 Å². The molecule has 1 fully saturated rings. The first kappa shape index (κ1) is 11.1. The Balaban J connectivity index is 2.09. The lowest BCUT2D eigenvalue weighted by Crippen LogP contribution is -2.49. The molecule has 0 unspecified atom stereocenters. The van der Waals surface area contributed by atoms with E-state index >= 15 is 0 Å². The second-order valence-corrected chi connectivity index (χ2v) is 4.43. The predicted octanol–water partition coefficient (Wildman–Crippen LogP) is 0.390. The van der Waals surface area contributed by atoms with E-state index in [0.29, 0.717) is 13.1 Å². The molecular formula is C11H18N3O2+. The van der Waals surface area contributed by atoms with Crippen LogP contribution in [0.4, 0.5) is 4.79 Å². The summed E-state index contributed by atoms with van der Waals surface area (Å²) in [5.74, 6) is 0. The second kappa shape index (κ2) is 4.25. The highest BCUT2D eigenvalue weighted by Gasteiger charge is 2.29. The highest BCUT2D eigenvalue weighted by atomic mass is 16.5. The topological polar surface area (TPSA) is 38.4 Å². The molecular weight excluding hydrogens is 206 g/mol. The normalized spacial score (nSPS) is 25.8. The third-order valence-electron chi connectivity index (χ3n) is 2.68. The molecule has 5 nitrogen and oxygen atoms in total. The molecule has 1 aromatic rings. The van der Waals surface area contributed by atoms with Gasteiger partial charge in [0, 0.05) is 0 Å². The zero-order valence-corrected chi connectivity index (χ0v) is 9.96. The average Bonchev–Trinajstić information content (AvgIpc) is 2.62. The van der Waals surface area contributed by atoms with E-state index in [0.717, 1.165) is 0 Å². The largest absolute Gasteiger partial charge is 0.415 e. The van der Waals surface area contributed by atoms with Crippen LogP contribution < -0.4 is 4.57 Å². The van der Waals surface area contributed by atoms with Gasteiger partial charge in [-0.05, 0) is 13.8 Å². The number of hydrogen-bond acceptors (Lipinski definition) is 2. The number of imidazole rings is 1. The summed E-state index contributed by atoms with van der Waals surface area (Å²) in [5.41, 5.74) is 0. The molecule has 1 amide bonds. The fraction of sp³-hybridized carbons (Fsp3) is 0.636. The van der Waals surface area contributed by atoms with Crippen LogP contribution in [0, 0.1) is 0 Å². The molecule has 5 heteroatoms. The molecule has 0 radical (unpaired) electrons. The molecule has 1 aliphatic rings. The summed E-state index contributed by atoms with van der Waals surface area (Å²) in [4.78, 5) is 14.0. The fourth-order valence-electron chi connectivity index (χ4n) is 2.06. The maximum Gasteiger partial charge on any atom is 0.415 e. The number of nitrogens with zero attached hydrogens (tertiary/aromatic N) is 3. The monoisotopic (exact) mass is 224 g/mol. The molecule has 1 aliphatic heterocycles. The number of rotatable bonds is 0. The quantitative estimate of drug-likeness (QED) is 0.598. The van der Waals surface area contributed by atoms with Crippen molar-refractivity contribution in [2.75, 3.05) is 13.1 Å². The van der Waals surface area contributed by atoms with Crippen molar-refractivity contribution in [3.05, 3.63) is 18.7 Å². The van der Waals surface area contributed by atoms with E-state index in [-0.39, 0.29) is 18.2 Å². The fourth-order valence-corrected chi connectivity index (χ4v) is 2.06. The number of aromatic nitrogens is 2. The van der Waals surface area contributed by atoms with Crippen molar-refractivity contribution in [2.45, 2.75) is 26.1 Å². The van der Waals surface area contributed by atoms with Gasteiger partial charge in [0.25, 0.3) is 6.33 Å². The van der Waals surface area contributed by atoms with Gasteiger partial charge in [-0.15, -0.1) is 0 Å². The number of carbonyl (C=O) groups is 1. The molecule has 0 aromatic carbocycles. The zero-order chi connectivity index (χ0) is 11.7. The smallest absolute Gasteiger partial charge is 0.372 e. The molecule has 2 heterocycles. The van der Waals surface area contributed by atoms with Crippen LogP contribution in [0.1, 0.15) is 13.8 Å². The number of carbonyl (C=O) groups excluding carboxylic acids is 1. The molecule has 2 atom stereocenters. The van der Waals surface area contributed by atoms with Gasteiger partial charge in [-0.3, -0.25) is 4.90 Å². The van der Waals surface area contributed by atoms with Crippen molar-refractivity contribution < 1.29 is 14.1 Å². The van der Waals surface area contributed by atoms with Gasteiger partial charge in [0.1, 0.15) is 12.4 Å². The summed E-state index contributed by atoms with van der Waals surface area (Å²) in [6.45, 7) is 5.30. The van der Waals surface area contributed by atoms with Crippen molar-refractivity contribution in [1.82, 2.24) is 9.47 Å². The number of aryl methyl sites for hydroxylation is 1. The van der Waals surface area contributed by atoms with Gasteiger partial charge in [0.05, 0.1) is 32.3 Å². The van der Waals surface area contributed by atoms with Crippen LogP contribution in [0.25, 0.3) is 0 Å². The number of morpholine rings is 1. The van der Waals surface area contributed by atoms with Crippen molar-refractivity contribution >= 4 is 6.03 Å². The molecule has 88 valence electrons. The Morgan fingerprint density at radius 1 is 1.38 bits per heavy atom. The first-order valence-corrected chi connectivity index (χ1v) is 5.54. The van der Waals surface area contributed by atoms with Crippen molar-refractivity contribution in [1.29, 1.82) is 0 Å². The Morgan fingerprint density at radius 2 is 2.00 bits per heavy atom. The molecule has 0 N–H and O–H groups in total. The first-order chi connectivity index (χ1) is 7.56. The van der Waals surface area contributed by atoms with E-state index < -0.39 is 0 Å². The summed E-state index contributed by atoms with van der Waals surface area (Å²) in [6.07, 6.45) is 5.61. The van der Waals surface area contributed by atoms with Crippen LogP contribution in [0.3, 0.4) is 0 Å². The summed E-state index contributed by atoms with van der Waals surface area (Å²) < 4.78 is 9.05. The maximum atomic E-state index is 12.1. The molecule has 1 saturated heterocycles. The van der Waals surface area contributed by atoms with Gasteiger partial charge in [0.15, 0.2) is 0 Å². The minimum absolute atomic E-state index is 0.0163. The SMILES string of the molecule is C[C@H]1CN(C(=O)n2cc[n+](C)c2)C[C@H](C)O1. The Morgan fingerprint density at radius 3 is 2.50 bits per heavy atom. The van der Waals surface area contributed by atoms with E-state index in [2.05, 4.69) is 0 Å². The van der Waals surface area contributed by atoms with Crippen LogP contribution in [0.5, 0.6) is 0 Å². The average molecular weight is 224 g/mol. The van der Waals surface area contributed by atoms with Crippen molar-refractivity contribution in [3.63, 3.8) is 0 Å². The van der Waals surface area contributed by atoms with Gasteiger partial charge in [0.2, 0.25) is 0 Å². The van der Waals surface area contributed by atoms with Crippen LogP contribution in [-0.4, -0.2) is 40.8 Å². The Bertz CT molecular complexity index is 378. The summed E-state index contributed by atoms with van der Waals surface area (Å²) in [5, 5.41) is 0. The Kier molecular flexibility index (Phi) is 2.96. The molecule has 0 spiro atoms. The minimum atomic E-state index is 0.0163. The van der Waals surface area contributed by atoms with Gasteiger partial charge in [-0.25, -0.2) is 9.36 Å². The number of amides is 1. The summed E-state index contributed by atoms with van der Waals surface area (Å²) >= 11 is 0. The molecule has 16 heavy (non-hydrogen) atoms. The lowest BCUT2D eigenvalue weighted by molar-refractivity contribution is -0.670. The van der Waals surface area contributed by atoms with E-state index in [1.54, 1.807) is 17.1 Å². The lowest BCUT2D eigenvalue weighted by atomic mass is 10.2. The van der Waals surface area contributed by atoms with Gasteiger partial charge in [-0.2, -0.15) is 4.57 Å². The Labute approximate surface area is 95.2 Å². The minimum Gasteiger partial charge on any atom is -0.372 e.